The zero-order valence-corrected chi connectivity index (χ0v) is 10.9. The van der Waals surface area contributed by atoms with Crippen molar-refractivity contribution < 1.29 is 9.23 Å². The molecule has 1 N–H and O–H groups in total. The van der Waals surface area contributed by atoms with E-state index in [-0.39, 0.29) is 5.82 Å². The van der Waals surface area contributed by atoms with Gasteiger partial charge < -0.3 is 4.84 Å². The molecule has 1 aliphatic heterocycles. The first-order valence-electron chi connectivity index (χ1n) is 6.55. The lowest BCUT2D eigenvalue weighted by Gasteiger charge is -2.26. The molecular formula is C14H21FN2O. The molecular weight excluding hydrogens is 231 g/mol. The molecule has 1 saturated heterocycles. The van der Waals surface area contributed by atoms with Gasteiger partial charge >= 0.3 is 0 Å². The van der Waals surface area contributed by atoms with Crippen LogP contribution in [0.4, 0.5) is 4.39 Å². The highest BCUT2D eigenvalue weighted by Crippen LogP contribution is 2.16. The minimum atomic E-state index is -0.115. The maximum atomic E-state index is 13.9. The van der Waals surface area contributed by atoms with Gasteiger partial charge in [-0.3, -0.25) is 4.90 Å². The van der Waals surface area contributed by atoms with Crippen molar-refractivity contribution >= 4 is 0 Å². The van der Waals surface area contributed by atoms with Crippen molar-refractivity contribution in [1.29, 1.82) is 0 Å². The predicted octanol–water partition coefficient (Wildman–Crippen LogP) is 2.46. The second-order valence-corrected chi connectivity index (χ2v) is 4.79. The fourth-order valence-electron chi connectivity index (χ4n) is 2.34. The SMILES string of the molecule is CONCc1ccc(CN2CCCCC2)c(F)c1. The maximum absolute atomic E-state index is 13.9. The van der Waals surface area contributed by atoms with Crippen LogP contribution < -0.4 is 5.48 Å². The van der Waals surface area contributed by atoms with Crippen LogP contribution in [-0.4, -0.2) is 25.1 Å². The van der Waals surface area contributed by atoms with E-state index in [4.69, 9.17) is 4.84 Å². The third-order valence-electron chi connectivity index (χ3n) is 3.38. The highest BCUT2D eigenvalue weighted by Gasteiger charge is 2.12. The van der Waals surface area contributed by atoms with Crippen LogP contribution in [0.3, 0.4) is 0 Å². The minimum Gasteiger partial charge on any atom is -0.305 e. The summed E-state index contributed by atoms with van der Waals surface area (Å²) in [6, 6.07) is 5.43. The Balaban J connectivity index is 1.95. The number of nitrogens with zero attached hydrogens (tertiary/aromatic N) is 1. The molecule has 1 aromatic carbocycles. The van der Waals surface area contributed by atoms with Gasteiger partial charge in [-0.05, 0) is 37.6 Å². The molecule has 1 aromatic rings. The average molecular weight is 252 g/mol. The summed E-state index contributed by atoms with van der Waals surface area (Å²) in [7, 11) is 1.56. The van der Waals surface area contributed by atoms with Gasteiger partial charge in [0, 0.05) is 18.7 Å². The molecule has 0 spiro atoms. The monoisotopic (exact) mass is 252 g/mol. The highest BCUT2D eigenvalue weighted by molar-refractivity contribution is 5.24. The molecule has 2 rings (SSSR count). The second kappa shape index (κ2) is 6.83. The van der Waals surface area contributed by atoms with Gasteiger partial charge in [0.25, 0.3) is 0 Å². The van der Waals surface area contributed by atoms with Crippen LogP contribution in [0, 0.1) is 5.82 Å². The number of hydrogen-bond donors (Lipinski definition) is 1. The molecule has 0 atom stereocenters. The second-order valence-electron chi connectivity index (χ2n) is 4.79. The molecule has 0 unspecified atom stereocenters. The molecule has 0 radical (unpaired) electrons. The summed E-state index contributed by atoms with van der Waals surface area (Å²) in [6.45, 7) is 3.43. The Morgan fingerprint density at radius 3 is 2.72 bits per heavy atom. The summed E-state index contributed by atoms with van der Waals surface area (Å²) >= 11 is 0. The lowest BCUT2D eigenvalue weighted by atomic mass is 10.1. The van der Waals surface area contributed by atoms with Crippen molar-refractivity contribution in [3.63, 3.8) is 0 Å². The number of hydroxylamine groups is 1. The van der Waals surface area contributed by atoms with Gasteiger partial charge in [0.15, 0.2) is 0 Å². The van der Waals surface area contributed by atoms with Crippen LogP contribution in [-0.2, 0) is 17.9 Å². The molecule has 4 heteroatoms. The van der Waals surface area contributed by atoms with Gasteiger partial charge in [-0.1, -0.05) is 18.6 Å². The van der Waals surface area contributed by atoms with E-state index in [0.29, 0.717) is 6.54 Å². The van der Waals surface area contributed by atoms with Gasteiger partial charge in [-0.25, -0.2) is 4.39 Å². The van der Waals surface area contributed by atoms with Crippen molar-refractivity contribution in [3.05, 3.63) is 35.1 Å². The van der Waals surface area contributed by atoms with Crippen LogP contribution in [0.15, 0.2) is 18.2 Å². The Morgan fingerprint density at radius 2 is 2.06 bits per heavy atom. The maximum Gasteiger partial charge on any atom is 0.128 e. The van der Waals surface area contributed by atoms with Gasteiger partial charge in [0.1, 0.15) is 5.82 Å². The van der Waals surface area contributed by atoms with Crippen LogP contribution in [0.2, 0.25) is 0 Å². The van der Waals surface area contributed by atoms with Crippen LogP contribution in [0.5, 0.6) is 0 Å². The molecule has 18 heavy (non-hydrogen) atoms. The van der Waals surface area contributed by atoms with Crippen LogP contribution in [0.25, 0.3) is 0 Å². The fourth-order valence-corrected chi connectivity index (χ4v) is 2.34. The van der Waals surface area contributed by atoms with Crippen molar-refractivity contribution in [3.8, 4) is 0 Å². The number of piperidine rings is 1. The third-order valence-corrected chi connectivity index (χ3v) is 3.38. The van der Waals surface area contributed by atoms with Gasteiger partial charge in [0.05, 0.1) is 7.11 Å². The molecule has 0 saturated carbocycles. The minimum absolute atomic E-state index is 0.115. The van der Waals surface area contributed by atoms with E-state index in [1.807, 2.05) is 12.1 Å². The number of halogens is 1. The standard InChI is InChI=1S/C14H21FN2O/c1-18-16-10-12-5-6-13(14(15)9-12)11-17-7-3-2-4-8-17/h5-6,9,16H,2-4,7-8,10-11H2,1H3. The van der Waals surface area contributed by atoms with Gasteiger partial charge in [-0.15, -0.1) is 0 Å². The summed E-state index contributed by atoms with van der Waals surface area (Å²) in [4.78, 5) is 7.09. The Morgan fingerprint density at radius 1 is 1.28 bits per heavy atom. The van der Waals surface area contributed by atoms with E-state index < -0.39 is 0 Å². The smallest absolute Gasteiger partial charge is 0.128 e. The molecule has 0 bridgehead atoms. The lowest BCUT2D eigenvalue weighted by molar-refractivity contribution is 0.0866. The van der Waals surface area contributed by atoms with Gasteiger partial charge in [-0.2, -0.15) is 5.48 Å². The molecule has 1 heterocycles. The highest BCUT2D eigenvalue weighted by atomic mass is 19.1. The lowest BCUT2D eigenvalue weighted by Crippen LogP contribution is -2.29. The fraction of sp³-hybridized carbons (Fsp3) is 0.571. The van der Waals surface area contributed by atoms with Crippen LogP contribution in [0.1, 0.15) is 30.4 Å². The van der Waals surface area contributed by atoms with Gasteiger partial charge in [0.2, 0.25) is 0 Å². The average Bonchev–Trinajstić information content (AvgIpc) is 2.40. The summed E-state index contributed by atoms with van der Waals surface area (Å²) < 4.78 is 13.9. The zero-order valence-electron chi connectivity index (χ0n) is 10.9. The third kappa shape index (κ3) is 3.77. The first-order chi connectivity index (χ1) is 8.79. The molecule has 100 valence electrons. The van der Waals surface area contributed by atoms with Crippen molar-refractivity contribution in [2.24, 2.45) is 0 Å². The first-order valence-corrected chi connectivity index (χ1v) is 6.55. The quantitative estimate of drug-likeness (QED) is 0.815. The Hall–Kier alpha value is -0.970. The predicted molar refractivity (Wildman–Crippen MR) is 69.4 cm³/mol. The molecule has 0 aromatic heterocycles. The number of benzene rings is 1. The van der Waals surface area contributed by atoms with Crippen molar-refractivity contribution in [2.45, 2.75) is 32.4 Å². The number of likely N-dealkylation sites (tertiary alicyclic amines) is 1. The number of hydrogen-bond acceptors (Lipinski definition) is 3. The molecule has 1 aliphatic rings. The number of nitrogens with one attached hydrogen (secondary N) is 1. The normalized spacial score (nSPS) is 17.0. The van der Waals surface area contributed by atoms with E-state index in [9.17, 15) is 4.39 Å². The molecule has 3 nitrogen and oxygen atoms in total. The number of rotatable bonds is 5. The zero-order chi connectivity index (χ0) is 12.8. The molecule has 0 aliphatic carbocycles. The van der Waals surface area contributed by atoms with E-state index in [2.05, 4.69) is 10.4 Å². The Labute approximate surface area is 108 Å². The Bertz CT molecular complexity index is 378. The van der Waals surface area contributed by atoms with Crippen LogP contribution >= 0.6 is 0 Å². The summed E-state index contributed by atoms with van der Waals surface area (Å²) in [6.07, 6.45) is 3.77. The van der Waals surface area contributed by atoms with Crippen molar-refractivity contribution in [2.75, 3.05) is 20.2 Å². The van der Waals surface area contributed by atoms with E-state index in [1.54, 1.807) is 13.2 Å². The van der Waals surface area contributed by atoms with E-state index >= 15 is 0 Å². The molecule has 0 amide bonds. The van der Waals surface area contributed by atoms with E-state index in [0.717, 1.165) is 30.8 Å². The largest absolute Gasteiger partial charge is 0.305 e. The topological polar surface area (TPSA) is 24.5 Å². The summed E-state index contributed by atoms with van der Waals surface area (Å²) in [5, 5.41) is 0. The summed E-state index contributed by atoms with van der Waals surface area (Å²) in [5.74, 6) is -0.115. The summed E-state index contributed by atoms with van der Waals surface area (Å²) in [5.41, 5.74) is 4.41. The Kier molecular flexibility index (Phi) is 5.11. The first kappa shape index (κ1) is 13.5. The van der Waals surface area contributed by atoms with E-state index in [1.165, 1.54) is 19.3 Å². The van der Waals surface area contributed by atoms with Crippen molar-refractivity contribution in [1.82, 2.24) is 10.4 Å². The molecule has 1 fully saturated rings.